The molecule has 1 aliphatic rings. The van der Waals surface area contributed by atoms with Gasteiger partial charge in [0.25, 0.3) is 0 Å². The molecule has 2 aromatic rings. The predicted octanol–water partition coefficient (Wildman–Crippen LogP) is 4.82. The minimum atomic E-state index is -0.273. The van der Waals surface area contributed by atoms with Gasteiger partial charge in [0.1, 0.15) is 5.75 Å². The summed E-state index contributed by atoms with van der Waals surface area (Å²) in [4.78, 5) is 28.6. The summed E-state index contributed by atoms with van der Waals surface area (Å²) in [5, 5.41) is 3.47. The molecule has 0 bridgehead atoms. The number of piperazine rings is 1. The van der Waals surface area contributed by atoms with Gasteiger partial charge in [-0.25, -0.2) is 0 Å². The zero-order chi connectivity index (χ0) is 22.4. The minimum Gasteiger partial charge on any atom is -0.496 e. The summed E-state index contributed by atoms with van der Waals surface area (Å²) < 4.78 is 6.24. The Hall–Kier alpha value is -2.51. The summed E-state index contributed by atoms with van der Waals surface area (Å²) in [5.41, 5.74) is 2.31. The molecule has 0 atom stereocenters. The number of rotatable bonds is 6. The van der Waals surface area contributed by atoms with Gasteiger partial charge in [0.2, 0.25) is 11.8 Å². The highest BCUT2D eigenvalue weighted by Crippen LogP contribution is 2.30. The van der Waals surface area contributed by atoms with Crippen LogP contribution in [0, 0.1) is 0 Å². The smallest absolute Gasteiger partial charge is 0.248 e. The molecule has 1 saturated heterocycles. The SMILES string of the molecule is CCC(=O)N1CCN(c2ccc(Cl)cc2NC(=O)C=Cc2cc(Br)ccc2OC)CC1. The fraction of sp³-hybridized carbons (Fsp3) is 0.304. The van der Waals surface area contributed by atoms with Crippen molar-refractivity contribution in [3.8, 4) is 5.75 Å². The summed E-state index contributed by atoms with van der Waals surface area (Å²) in [6, 6.07) is 11.0. The quantitative estimate of drug-likeness (QED) is 0.571. The first-order chi connectivity index (χ1) is 14.9. The topological polar surface area (TPSA) is 61.9 Å². The van der Waals surface area contributed by atoms with Crippen molar-refractivity contribution in [1.82, 2.24) is 4.90 Å². The van der Waals surface area contributed by atoms with Gasteiger partial charge in [-0.3, -0.25) is 9.59 Å². The number of ether oxygens (including phenoxy) is 1. The molecule has 8 heteroatoms. The molecule has 31 heavy (non-hydrogen) atoms. The normalized spacial score (nSPS) is 14.1. The largest absolute Gasteiger partial charge is 0.496 e. The van der Waals surface area contributed by atoms with E-state index in [1.165, 1.54) is 6.08 Å². The van der Waals surface area contributed by atoms with E-state index in [1.54, 1.807) is 25.3 Å². The van der Waals surface area contributed by atoms with E-state index in [2.05, 4.69) is 26.1 Å². The number of benzene rings is 2. The van der Waals surface area contributed by atoms with Crippen molar-refractivity contribution in [1.29, 1.82) is 0 Å². The average Bonchev–Trinajstić information content (AvgIpc) is 2.77. The fourth-order valence-corrected chi connectivity index (χ4v) is 4.03. The van der Waals surface area contributed by atoms with Crippen LogP contribution in [0.4, 0.5) is 11.4 Å². The van der Waals surface area contributed by atoms with Crippen LogP contribution in [-0.2, 0) is 9.59 Å². The number of carbonyl (C=O) groups excluding carboxylic acids is 2. The first-order valence-electron chi connectivity index (χ1n) is 10.1. The molecule has 3 rings (SSSR count). The molecule has 2 aromatic carbocycles. The van der Waals surface area contributed by atoms with E-state index in [4.69, 9.17) is 16.3 Å². The predicted molar refractivity (Wildman–Crippen MR) is 129 cm³/mol. The van der Waals surface area contributed by atoms with Crippen molar-refractivity contribution in [2.75, 3.05) is 43.5 Å². The molecular formula is C23H25BrClN3O3. The van der Waals surface area contributed by atoms with Crippen molar-refractivity contribution in [3.05, 3.63) is 57.5 Å². The Morgan fingerprint density at radius 1 is 1.16 bits per heavy atom. The molecule has 0 spiro atoms. The third kappa shape index (κ3) is 6.02. The summed E-state index contributed by atoms with van der Waals surface area (Å²) >= 11 is 9.62. The molecule has 0 radical (unpaired) electrons. The summed E-state index contributed by atoms with van der Waals surface area (Å²) in [5.74, 6) is 0.568. The van der Waals surface area contributed by atoms with E-state index >= 15 is 0 Å². The van der Waals surface area contributed by atoms with Crippen molar-refractivity contribution in [2.24, 2.45) is 0 Å². The van der Waals surface area contributed by atoms with Gasteiger partial charge >= 0.3 is 0 Å². The molecule has 1 aliphatic heterocycles. The molecule has 164 valence electrons. The number of hydrogen-bond donors (Lipinski definition) is 1. The van der Waals surface area contributed by atoms with Crippen molar-refractivity contribution >= 4 is 56.8 Å². The molecule has 1 N–H and O–H groups in total. The third-order valence-corrected chi connectivity index (χ3v) is 5.83. The Bertz CT molecular complexity index is 988. The van der Waals surface area contributed by atoms with Crippen LogP contribution in [0.2, 0.25) is 5.02 Å². The van der Waals surface area contributed by atoms with Crippen LogP contribution in [0.15, 0.2) is 46.9 Å². The number of anilines is 2. The Balaban J connectivity index is 1.73. The second-order valence-corrected chi connectivity index (χ2v) is 8.44. The first kappa shape index (κ1) is 23.2. The molecule has 1 heterocycles. The van der Waals surface area contributed by atoms with E-state index in [-0.39, 0.29) is 11.8 Å². The highest BCUT2D eigenvalue weighted by Gasteiger charge is 2.22. The Labute approximate surface area is 195 Å². The highest BCUT2D eigenvalue weighted by atomic mass is 79.9. The van der Waals surface area contributed by atoms with Gasteiger partial charge in [-0.15, -0.1) is 0 Å². The molecule has 0 aromatic heterocycles. The number of methoxy groups -OCH3 is 1. The Morgan fingerprint density at radius 2 is 1.90 bits per heavy atom. The van der Waals surface area contributed by atoms with Crippen LogP contribution in [-0.4, -0.2) is 50.0 Å². The second kappa shape index (κ2) is 10.7. The van der Waals surface area contributed by atoms with Gasteiger partial charge in [-0.1, -0.05) is 34.5 Å². The van der Waals surface area contributed by atoms with Gasteiger partial charge in [-0.05, 0) is 42.5 Å². The maximum atomic E-state index is 12.6. The number of amides is 2. The van der Waals surface area contributed by atoms with Crippen LogP contribution in [0.5, 0.6) is 5.75 Å². The van der Waals surface area contributed by atoms with E-state index in [9.17, 15) is 9.59 Å². The number of hydrogen-bond acceptors (Lipinski definition) is 4. The minimum absolute atomic E-state index is 0.164. The van der Waals surface area contributed by atoms with Crippen LogP contribution in [0.25, 0.3) is 6.08 Å². The Morgan fingerprint density at radius 3 is 2.58 bits per heavy atom. The van der Waals surface area contributed by atoms with Crippen LogP contribution in [0.1, 0.15) is 18.9 Å². The van der Waals surface area contributed by atoms with Crippen molar-refractivity contribution < 1.29 is 14.3 Å². The lowest BCUT2D eigenvalue weighted by atomic mass is 10.1. The Kier molecular flexibility index (Phi) is 7.98. The van der Waals surface area contributed by atoms with Crippen molar-refractivity contribution in [3.63, 3.8) is 0 Å². The zero-order valence-corrected chi connectivity index (χ0v) is 19.9. The zero-order valence-electron chi connectivity index (χ0n) is 17.5. The molecule has 0 saturated carbocycles. The van der Waals surface area contributed by atoms with Crippen molar-refractivity contribution in [2.45, 2.75) is 13.3 Å². The van der Waals surface area contributed by atoms with E-state index in [0.717, 1.165) is 15.7 Å². The van der Waals surface area contributed by atoms with Gasteiger partial charge in [0.15, 0.2) is 0 Å². The van der Waals surface area contributed by atoms with E-state index in [1.807, 2.05) is 36.1 Å². The molecule has 0 unspecified atom stereocenters. The first-order valence-corrected chi connectivity index (χ1v) is 11.2. The van der Waals surface area contributed by atoms with Gasteiger partial charge in [-0.2, -0.15) is 0 Å². The number of nitrogens with zero attached hydrogens (tertiary/aromatic N) is 2. The standard InChI is InChI=1S/C23H25BrClN3O3/c1-3-23(30)28-12-10-27(11-13-28)20-7-6-18(25)15-19(20)26-22(29)9-4-16-14-17(24)5-8-21(16)31-2/h4-9,14-15H,3,10-13H2,1-2H3,(H,26,29). The van der Waals surface area contributed by atoms with Gasteiger partial charge in [0, 0.05) is 53.7 Å². The summed E-state index contributed by atoms with van der Waals surface area (Å²) in [7, 11) is 1.59. The van der Waals surface area contributed by atoms with Crippen LogP contribution in [0.3, 0.4) is 0 Å². The fourth-order valence-electron chi connectivity index (χ4n) is 3.48. The number of carbonyl (C=O) groups is 2. The summed E-state index contributed by atoms with van der Waals surface area (Å²) in [6.07, 6.45) is 3.68. The van der Waals surface area contributed by atoms with Crippen LogP contribution >= 0.6 is 27.5 Å². The lowest BCUT2D eigenvalue weighted by molar-refractivity contribution is -0.131. The lowest BCUT2D eigenvalue weighted by Gasteiger charge is -2.37. The van der Waals surface area contributed by atoms with E-state index in [0.29, 0.717) is 49.1 Å². The maximum Gasteiger partial charge on any atom is 0.248 e. The lowest BCUT2D eigenvalue weighted by Crippen LogP contribution is -2.48. The summed E-state index contributed by atoms with van der Waals surface area (Å²) in [6.45, 7) is 4.58. The van der Waals surface area contributed by atoms with Gasteiger partial charge in [0.05, 0.1) is 18.5 Å². The maximum absolute atomic E-state index is 12.6. The number of nitrogens with one attached hydrogen (secondary N) is 1. The van der Waals surface area contributed by atoms with E-state index < -0.39 is 0 Å². The number of halogens is 2. The molecule has 6 nitrogen and oxygen atoms in total. The molecule has 1 fully saturated rings. The second-order valence-electron chi connectivity index (χ2n) is 7.09. The van der Waals surface area contributed by atoms with Gasteiger partial charge < -0.3 is 19.9 Å². The molecule has 2 amide bonds. The van der Waals surface area contributed by atoms with Crippen LogP contribution < -0.4 is 15.0 Å². The average molecular weight is 507 g/mol. The molecular weight excluding hydrogens is 482 g/mol. The highest BCUT2D eigenvalue weighted by molar-refractivity contribution is 9.10. The third-order valence-electron chi connectivity index (χ3n) is 5.10. The molecule has 0 aliphatic carbocycles. The monoisotopic (exact) mass is 505 g/mol.